The second-order valence-electron chi connectivity index (χ2n) is 5.00. The van der Waals surface area contributed by atoms with Crippen LogP contribution in [0.25, 0.3) is 0 Å². The van der Waals surface area contributed by atoms with Crippen LogP contribution in [0, 0.1) is 0 Å². The van der Waals surface area contributed by atoms with Crippen molar-refractivity contribution in [3.8, 4) is 0 Å². The highest BCUT2D eigenvalue weighted by atomic mass is 35.5. The molecule has 3 nitrogen and oxygen atoms in total. The molecule has 19 heavy (non-hydrogen) atoms. The van der Waals surface area contributed by atoms with Crippen molar-refractivity contribution in [3.63, 3.8) is 0 Å². The zero-order valence-electron chi connectivity index (χ0n) is 11.4. The van der Waals surface area contributed by atoms with E-state index in [0.29, 0.717) is 10.6 Å². The number of carbonyl (C=O) groups excluding carboxylic acids is 1. The lowest BCUT2D eigenvalue weighted by atomic mass is 10.2. The summed E-state index contributed by atoms with van der Waals surface area (Å²) in [6, 6.07) is 7.19. The maximum Gasteiger partial charge on any atom is 0.253 e. The minimum Gasteiger partial charge on any atom is -0.336 e. The Labute approximate surface area is 120 Å². The molecule has 1 aliphatic rings. The first-order valence-corrected chi connectivity index (χ1v) is 7.35. The molecular formula is C15H21ClN2O. The van der Waals surface area contributed by atoms with Crippen LogP contribution in [-0.2, 0) is 0 Å². The zero-order valence-corrected chi connectivity index (χ0v) is 12.2. The van der Waals surface area contributed by atoms with Crippen LogP contribution in [0.15, 0.2) is 24.3 Å². The molecule has 1 fully saturated rings. The minimum absolute atomic E-state index is 0.0950. The summed E-state index contributed by atoms with van der Waals surface area (Å²) in [4.78, 5) is 16.7. The van der Waals surface area contributed by atoms with E-state index in [2.05, 4.69) is 11.8 Å². The van der Waals surface area contributed by atoms with Crippen LogP contribution in [0.2, 0.25) is 5.02 Å². The van der Waals surface area contributed by atoms with Crippen molar-refractivity contribution in [1.29, 1.82) is 0 Å². The number of halogens is 1. The number of unbranched alkanes of at least 4 members (excludes halogenated alkanes) is 1. The molecule has 1 aliphatic heterocycles. The third-order valence-corrected chi connectivity index (χ3v) is 3.79. The Morgan fingerprint density at radius 3 is 2.63 bits per heavy atom. The van der Waals surface area contributed by atoms with E-state index in [0.717, 1.165) is 32.7 Å². The first-order chi connectivity index (χ1) is 9.20. The highest BCUT2D eigenvalue weighted by molar-refractivity contribution is 6.30. The van der Waals surface area contributed by atoms with Crippen molar-refractivity contribution in [1.82, 2.24) is 9.80 Å². The van der Waals surface area contributed by atoms with Crippen LogP contribution < -0.4 is 0 Å². The molecule has 1 aromatic carbocycles. The molecule has 0 bridgehead atoms. The fraction of sp³-hybridized carbons (Fsp3) is 0.533. The SMILES string of the molecule is CCCCN1CCN(C(=O)c2cccc(Cl)c2)CC1. The van der Waals surface area contributed by atoms with E-state index in [4.69, 9.17) is 11.6 Å². The molecule has 1 saturated heterocycles. The fourth-order valence-corrected chi connectivity index (χ4v) is 2.55. The van der Waals surface area contributed by atoms with Gasteiger partial charge in [0.05, 0.1) is 0 Å². The third-order valence-electron chi connectivity index (χ3n) is 3.56. The number of rotatable bonds is 4. The lowest BCUT2D eigenvalue weighted by Crippen LogP contribution is -2.48. The standard InChI is InChI=1S/C15H21ClN2O/c1-2-3-7-17-8-10-18(11-9-17)15(19)13-5-4-6-14(16)12-13/h4-6,12H,2-3,7-11H2,1H3. The Morgan fingerprint density at radius 2 is 2.00 bits per heavy atom. The van der Waals surface area contributed by atoms with Gasteiger partial charge < -0.3 is 4.90 Å². The van der Waals surface area contributed by atoms with Crippen molar-refractivity contribution >= 4 is 17.5 Å². The van der Waals surface area contributed by atoms with Crippen LogP contribution >= 0.6 is 11.6 Å². The Kier molecular flexibility index (Phi) is 5.23. The topological polar surface area (TPSA) is 23.6 Å². The summed E-state index contributed by atoms with van der Waals surface area (Å²) in [7, 11) is 0. The van der Waals surface area contributed by atoms with Gasteiger partial charge in [-0.1, -0.05) is 31.0 Å². The number of piperazine rings is 1. The molecule has 2 rings (SSSR count). The second-order valence-corrected chi connectivity index (χ2v) is 5.43. The van der Waals surface area contributed by atoms with E-state index >= 15 is 0 Å². The number of carbonyl (C=O) groups is 1. The molecule has 0 radical (unpaired) electrons. The second kappa shape index (κ2) is 6.92. The normalized spacial score (nSPS) is 16.6. The van der Waals surface area contributed by atoms with Gasteiger partial charge in [0.25, 0.3) is 5.91 Å². The molecule has 1 aromatic rings. The highest BCUT2D eigenvalue weighted by Gasteiger charge is 2.21. The Balaban J connectivity index is 1.89. The van der Waals surface area contributed by atoms with E-state index in [1.165, 1.54) is 12.8 Å². The summed E-state index contributed by atoms with van der Waals surface area (Å²) in [5, 5.41) is 0.618. The number of hydrogen-bond acceptors (Lipinski definition) is 2. The van der Waals surface area contributed by atoms with Crippen LogP contribution in [0.5, 0.6) is 0 Å². The Bertz CT molecular complexity index is 428. The predicted octanol–water partition coefficient (Wildman–Crippen LogP) is 2.90. The number of benzene rings is 1. The van der Waals surface area contributed by atoms with Crippen molar-refractivity contribution < 1.29 is 4.79 Å². The number of hydrogen-bond donors (Lipinski definition) is 0. The van der Waals surface area contributed by atoms with Crippen molar-refractivity contribution in [2.45, 2.75) is 19.8 Å². The molecular weight excluding hydrogens is 260 g/mol. The Hall–Kier alpha value is -1.06. The number of nitrogens with zero attached hydrogens (tertiary/aromatic N) is 2. The van der Waals surface area contributed by atoms with Crippen LogP contribution in [0.4, 0.5) is 0 Å². The Morgan fingerprint density at radius 1 is 1.26 bits per heavy atom. The van der Waals surface area contributed by atoms with Gasteiger partial charge in [-0.2, -0.15) is 0 Å². The summed E-state index contributed by atoms with van der Waals surface area (Å²) in [5.74, 6) is 0.0950. The molecule has 4 heteroatoms. The first-order valence-electron chi connectivity index (χ1n) is 6.98. The third kappa shape index (κ3) is 3.95. The highest BCUT2D eigenvalue weighted by Crippen LogP contribution is 2.14. The van der Waals surface area contributed by atoms with Crippen molar-refractivity contribution in [2.75, 3.05) is 32.7 Å². The average molecular weight is 281 g/mol. The number of amides is 1. The maximum atomic E-state index is 12.3. The predicted molar refractivity (Wildman–Crippen MR) is 78.7 cm³/mol. The zero-order chi connectivity index (χ0) is 13.7. The van der Waals surface area contributed by atoms with Crippen LogP contribution in [0.3, 0.4) is 0 Å². The van der Waals surface area contributed by atoms with Gasteiger partial charge >= 0.3 is 0 Å². The molecule has 0 N–H and O–H groups in total. The van der Waals surface area contributed by atoms with Gasteiger partial charge in [0.15, 0.2) is 0 Å². The average Bonchev–Trinajstić information content (AvgIpc) is 2.45. The van der Waals surface area contributed by atoms with Gasteiger partial charge in [-0.3, -0.25) is 9.69 Å². The van der Waals surface area contributed by atoms with Gasteiger partial charge in [0.2, 0.25) is 0 Å². The van der Waals surface area contributed by atoms with Gasteiger partial charge in [-0.05, 0) is 31.2 Å². The molecule has 1 heterocycles. The van der Waals surface area contributed by atoms with Crippen molar-refractivity contribution in [2.24, 2.45) is 0 Å². The molecule has 0 saturated carbocycles. The molecule has 0 aliphatic carbocycles. The van der Waals surface area contributed by atoms with Crippen LogP contribution in [0.1, 0.15) is 30.1 Å². The summed E-state index contributed by atoms with van der Waals surface area (Å²) < 4.78 is 0. The summed E-state index contributed by atoms with van der Waals surface area (Å²) in [6.45, 7) is 6.94. The van der Waals surface area contributed by atoms with Crippen molar-refractivity contribution in [3.05, 3.63) is 34.9 Å². The molecule has 0 unspecified atom stereocenters. The molecule has 0 spiro atoms. The quantitative estimate of drug-likeness (QED) is 0.847. The van der Waals surface area contributed by atoms with Gasteiger partial charge in [-0.25, -0.2) is 0 Å². The van der Waals surface area contributed by atoms with E-state index in [1.54, 1.807) is 12.1 Å². The van der Waals surface area contributed by atoms with Crippen LogP contribution in [-0.4, -0.2) is 48.4 Å². The molecule has 0 atom stereocenters. The van der Waals surface area contributed by atoms with Gasteiger partial charge in [-0.15, -0.1) is 0 Å². The monoisotopic (exact) mass is 280 g/mol. The fourth-order valence-electron chi connectivity index (χ4n) is 2.36. The lowest BCUT2D eigenvalue weighted by molar-refractivity contribution is 0.0635. The maximum absolute atomic E-state index is 12.3. The smallest absolute Gasteiger partial charge is 0.253 e. The summed E-state index contributed by atoms with van der Waals surface area (Å²) in [6.07, 6.45) is 2.46. The largest absolute Gasteiger partial charge is 0.336 e. The molecule has 1 amide bonds. The molecule has 104 valence electrons. The van der Waals surface area contributed by atoms with E-state index < -0.39 is 0 Å². The lowest BCUT2D eigenvalue weighted by Gasteiger charge is -2.34. The summed E-state index contributed by atoms with van der Waals surface area (Å²) >= 11 is 5.93. The first kappa shape index (κ1) is 14.4. The van der Waals surface area contributed by atoms with Gasteiger partial charge in [0.1, 0.15) is 0 Å². The van der Waals surface area contributed by atoms with Gasteiger partial charge in [0, 0.05) is 36.8 Å². The van der Waals surface area contributed by atoms with E-state index in [-0.39, 0.29) is 5.91 Å². The molecule has 0 aromatic heterocycles. The van der Waals surface area contributed by atoms with E-state index in [1.807, 2.05) is 17.0 Å². The minimum atomic E-state index is 0.0950. The summed E-state index contributed by atoms with van der Waals surface area (Å²) in [5.41, 5.74) is 0.689. The van der Waals surface area contributed by atoms with E-state index in [9.17, 15) is 4.79 Å².